The Labute approximate surface area is 101 Å². The van der Waals surface area contributed by atoms with E-state index in [1.54, 1.807) is 12.1 Å². The van der Waals surface area contributed by atoms with E-state index in [2.05, 4.69) is 16.6 Å². The molecule has 0 bridgehead atoms. The molecule has 90 valence electrons. The summed E-state index contributed by atoms with van der Waals surface area (Å²) in [6, 6.07) is 7.88. The molecule has 1 N–H and O–H groups in total. The van der Waals surface area contributed by atoms with Crippen molar-refractivity contribution in [3.05, 3.63) is 47.5 Å². The predicted molar refractivity (Wildman–Crippen MR) is 66.9 cm³/mol. The van der Waals surface area contributed by atoms with Crippen LogP contribution in [0.15, 0.2) is 36.4 Å². The first-order valence-corrected chi connectivity index (χ1v) is 5.79. The SMILES string of the molecule is C=C1CCNC(c2ccc(C(=O)OC)cc2)C1. The molecule has 1 unspecified atom stereocenters. The number of benzene rings is 1. The van der Waals surface area contributed by atoms with E-state index in [1.165, 1.54) is 18.2 Å². The number of ether oxygens (including phenoxy) is 1. The third-order valence-electron chi connectivity index (χ3n) is 3.10. The maximum Gasteiger partial charge on any atom is 0.337 e. The monoisotopic (exact) mass is 231 g/mol. The van der Waals surface area contributed by atoms with E-state index in [4.69, 9.17) is 0 Å². The summed E-state index contributed by atoms with van der Waals surface area (Å²) in [5.41, 5.74) is 3.06. The van der Waals surface area contributed by atoms with Gasteiger partial charge < -0.3 is 10.1 Å². The van der Waals surface area contributed by atoms with E-state index in [-0.39, 0.29) is 5.97 Å². The van der Waals surface area contributed by atoms with Gasteiger partial charge in [-0.05, 0) is 37.1 Å². The minimum atomic E-state index is -0.294. The number of hydrogen-bond donors (Lipinski definition) is 1. The van der Waals surface area contributed by atoms with E-state index in [0.29, 0.717) is 11.6 Å². The van der Waals surface area contributed by atoms with E-state index in [9.17, 15) is 4.79 Å². The number of esters is 1. The molecule has 0 aliphatic carbocycles. The van der Waals surface area contributed by atoms with Crippen molar-refractivity contribution in [1.82, 2.24) is 5.32 Å². The molecule has 3 heteroatoms. The second kappa shape index (κ2) is 5.15. The van der Waals surface area contributed by atoms with E-state index in [0.717, 1.165) is 19.4 Å². The maximum absolute atomic E-state index is 11.3. The van der Waals surface area contributed by atoms with Crippen molar-refractivity contribution in [2.24, 2.45) is 0 Å². The lowest BCUT2D eigenvalue weighted by Crippen LogP contribution is -2.27. The Morgan fingerprint density at radius 2 is 2.12 bits per heavy atom. The molecule has 1 aliphatic heterocycles. The summed E-state index contributed by atoms with van der Waals surface area (Å²) in [6.45, 7) is 5.01. The van der Waals surface area contributed by atoms with Gasteiger partial charge in [0, 0.05) is 6.04 Å². The summed E-state index contributed by atoms with van der Waals surface area (Å²) in [5, 5.41) is 3.45. The highest BCUT2D eigenvalue weighted by molar-refractivity contribution is 5.89. The first-order chi connectivity index (χ1) is 8.20. The average Bonchev–Trinajstić information content (AvgIpc) is 2.38. The Morgan fingerprint density at radius 3 is 2.71 bits per heavy atom. The van der Waals surface area contributed by atoms with Crippen LogP contribution in [-0.2, 0) is 4.74 Å². The summed E-state index contributed by atoms with van der Waals surface area (Å²) >= 11 is 0. The lowest BCUT2D eigenvalue weighted by Gasteiger charge is -2.25. The lowest BCUT2D eigenvalue weighted by atomic mass is 9.94. The van der Waals surface area contributed by atoms with Crippen LogP contribution < -0.4 is 5.32 Å². The zero-order valence-electron chi connectivity index (χ0n) is 10.0. The van der Waals surface area contributed by atoms with Gasteiger partial charge in [0.1, 0.15) is 0 Å². The zero-order valence-corrected chi connectivity index (χ0v) is 10.0. The van der Waals surface area contributed by atoms with Gasteiger partial charge in [-0.15, -0.1) is 0 Å². The normalized spacial score (nSPS) is 20.1. The van der Waals surface area contributed by atoms with Gasteiger partial charge in [-0.2, -0.15) is 0 Å². The molecule has 1 atom stereocenters. The number of piperidine rings is 1. The molecule has 0 aromatic heterocycles. The summed E-state index contributed by atoms with van der Waals surface area (Å²) in [6.07, 6.45) is 2.02. The summed E-state index contributed by atoms with van der Waals surface area (Å²) in [5.74, 6) is -0.294. The van der Waals surface area contributed by atoms with Gasteiger partial charge in [0.25, 0.3) is 0 Å². The number of carbonyl (C=O) groups excluding carboxylic acids is 1. The molecule has 1 aliphatic rings. The minimum absolute atomic E-state index is 0.294. The molecule has 2 rings (SSSR count). The van der Waals surface area contributed by atoms with Crippen LogP contribution in [0.3, 0.4) is 0 Å². The third kappa shape index (κ3) is 2.74. The Kier molecular flexibility index (Phi) is 3.59. The van der Waals surface area contributed by atoms with Crippen LogP contribution in [0.4, 0.5) is 0 Å². The van der Waals surface area contributed by atoms with Gasteiger partial charge in [-0.3, -0.25) is 0 Å². The highest BCUT2D eigenvalue weighted by Gasteiger charge is 2.17. The van der Waals surface area contributed by atoms with Gasteiger partial charge >= 0.3 is 5.97 Å². The molecular weight excluding hydrogens is 214 g/mol. The van der Waals surface area contributed by atoms with Crippen molar-refractivity contribution >= 4 is 5.97 Å². The van der Waals surface area contributed by atoms with Gasteiger partial charge in [0.2, 0.25) is 0 Å². The number of rotatable bonds is 2. The Morgan fingerprint density at radius 1 is 1.41 bits per heavy atom. The topological polar surface area (TPSA) is 38.3 Å². The molecule has 3 nitrogen and oxygen atoms in total. The van der Waals surface area contributed by atoms with Crippen molar-refractivity contribution < 1.29 is 9.53 Å². The van der Waals surface area contributed by atoms with E-state index < -0.39 is 0 Å². The fourth-order valence-electron chi connectivity index (χ4n) is 2.09. The highest BCUT2D eigenvalue weighted by atomic mass is 16.5. The molecule has 1 saturated heterocycles. The van der Waals surface area contributed by atoms with Crippen LogP contribution in [0.25, 0.3) is 0 Å². The summed E-state index contributed by atoms with van der Waals surface area (Å²) < 4.78 is 4.67. The second-order valence-corrected chi connectivity index (χ2v) is 4.32. The summed E-state index contributed by atoms with van der Waals surface area (Å²) in [7, 11) is 1.39. The van der Waals surface area contributed by atoms with Crippen LogP contribution in [0, 0.1) is 0 Å². The van der Waals surface area contributed by atoms with Gasteiger partial charge in [-0.25, -0.2) is 4.79 Å². The van der Waals surface area contributed by atoms with E-state index in [1.807, 2.05) is 12.1 Å². The predicted octanol–water partition coefficient (Wildman–Crippen LogP) is 2.45. The van der Waals surface area contributed by atoms with Crippen LogP contribution in [-0.4, -0.2) is 19.6 Å². The Bertz CT molecular complexity index is 422. The smallest absolute Gasteiger partial charge is 0.337 e. The molecular formula is C14H17NO2. The van der Waals surface area contributed by atoms with Gasteiger partial charge in [-0.1, -0.05) is 24.3 Å². The number of methoxy groups -OCH3 is 1. The van der Waals surface area contributed by atoms with Crippen LogP contribution in [0.1, 0.15) is 34.8 Å². The molecule has 1 heterocycles. The first-order valence-electron chi connectivity index (χ1n) is 5.79. The van der Waals surface area contributed by atoms with Gasteiger partial charge in [0.05, 0.1) is 12.7 Å². The molecule has 1 aromatic carbocycles. The number of carbonyl (C=O) groups is 1. The quantitative estimate of drug-likeness (QED) is 0.627. The van der Waals surface area contributed by atoms with Crippen molar-refractivity contribution in [3.63, 3.8) is 0 Å². The van der Waals surface area contributed by atoms with E-state index >= 15 is 0 Å². The van der Waals surface area contributed by atoms with Crippen LogP contribution >= 0.6 is 0 Å². The first kappa shape index (κ1) is 11.9. The molecule has 1 aromatic rings. The molecule has 0 amide bonds. The molecule has 0 saturated carbocycles. The molecule has 0 radical (unpaired) electrons. The van der Waals surface area contributed by atoms with Crippen molar-refractivity contribution in [3.8, 4) is 0 Å². The number of nitrogens with one attached hydrogen (secondary N) is 1. The fourth-order valence-corrected chi connectivity index (χ4v) is 2.09. The van der Waals surface area contributed by atoms with Gasteiger partial charge in [0.15, 0.2) is 0 Å². The maximum atomic E-state index is 11.3. The lowest BCUT2D eigenvalue weighted by molar-refractivity contribution is 0.0600. The second-order valence-electron chi connectivity index (χ2n) is 4.32. The molecule has 0 spiro atoms. The third-order valence-corrected chi connectivity index (χ3v) is 3.10. The minimum Gasteiger partial charge on any atom is -0.465 e. The van der Waals surface area contributed by atoms with Crippen molar-refractivity contribution in [2.45, 2.75) is 18.9 Å². The highest BCUT2D eigenvalue weighted by Crippen LogP contribution is 2.25. The zero-order chi connectivity index (χ0) is 12.3. The van der Waals surface area contributed by atoms with Crippen molar-refractivity contribution in [1.29, 1.82) is 0 Å². The number of hydrogen-bond acceptors (Lipinski definition) is 3. The van der Waals surface area contributed by atoms with Crippen molar-refractivity contribution in [2.75, 3.05) is 13.7 Å². The molecule has 17 heavy (non-hydrogen) atoms. The Hall–Kier alpha value is -1.61. The fraction of sp³-hybridized carbons (Fsp3) is 0.357. The standard InChI is InChI=1S/C14H17NO2/c1-10-7-8-15-13(9-10)11-3-5-12(6-4-11)14(16)17-2/h3-6,13,15H,1,7-9H2,2H3. The largest absolute Gasteiger partial charge is 0.465 e. The van der Waals surface area contributed by atoms with Crippen LogP contribution in [0.5, 0.6) is 0 Å². The average molecular weight is 231 g/mol. The Balaban J connectivity index is 2.12. The van der Waals surface area contributed by atoms with Crippen LogP contribution in [0.2, 0.25) is 0 Å². The summed E-state index contributed by atoms with van der Waals surface area (Å²) in [4.78, 5) is 11.3. The molecule has 1 fully saturated rings.